The van der Waals surface area contributed by atoms with Gasteiger partial charge in [-0.15, -0.1) is 0 Å². The molecule has 3 saturated heterocycles. The van der Waals surface area contributed by atoms with Crippen molar-refractivity contribution >= 4 is 53.4 Å². The number of hydrogen-bond donors (Lipinski definition) is 1. The Morgan fingerprint density at radius 1 is 0.600 bits per heavy atom. The Kier molecular flexibility index (Phi) is 18.6. The molecular weight excluding hydrogens is 975 g/mol. The van der Waals surface area contributed by atoms with Crippen LogP contribution in [0.2, 0.25) is 0 Å². The summed E-state index contributed by atoms with van der Waals surface area (Å²) in [5, 5.41) is 9.94. The Labute approximate surface area is 434 Å². The number of nitrogens with zero attached hydrogens (tertiary/aromatic N) is 5. The number of carbonyl (C=O) groups excluding carboxylic acids is 5. The van der Waals surface area contributed by atoms with Gasteiger partial charge >= 0.3 is 17.8 Å². The van der Waals surface area contributed by atoms with Gasteiger partial charge in [0.05, 0.1) is 128 Å². The summed E-state index contributed by atoms with van der Waals surface area (Å²) in [4.78, 5) is 78.0. The maximum atomic E-state index is 13.6. The van der Waals surface area contributed by atoms with Crippen molar-refractivity contribution in [1.29, 1.82) is 0 Å². The third-order valence-electron chi connectivity index (χ3n) is 13.0. The molecule has 400 valence electrons. The van der Waals surface area contributed by atoms with E-state index >= 15 is 0 Å². The SMILES string of the molecule is C=C1CC2C=Nc3cc(OCc4cc(CCCOCCOCCOCCOCCOCCC(=O)O[N+]5(O)C(=O)CCC5=O)cc(COc5cc6c(cc5OC)C(=O)N5CC(=C)CC5C=N6)c4)c(OC)cc3C(=O)N2C1. The molecule has 2 atom stereocenters. The molecule has 5 aliphatic rings. The zero-order valence-electron chi connectivity index (χ0n) is 42.4. The molecule has 5 heterocycles. The minimum Gasteiger partial charge on any atom is -0.493 e. The Bertz CT molecular complexity index is 2560. The van der Waals surface area contributed by atoms with Crippen molar-refractivity contribution in [3.8, 4) is 23.0 Å². The third-order valence-corrected chi connectivity index (χ3v) is 13.0. The smallest absolute Gasteiger partial charge is 0.397 e. The van der Waals surface area contributed by atoms with E-state index in [1.807, 2.05) is 6.07 Å². The molecule has 8 rings (SSSR count). The highest BCUT2D eigenvalue weighted by atomic mass is 17.0. The number of rotatable bonds is 28. The minimum absolute atomic E-state index is 0.0356. The summed E-state index contributed by atoms with van der Waals surface area (Å²) in [6, 6.07) is 12.7. The lowest BCUT2D eigenvalue weighted by molar-refractivity contribution is -1.12. The van der Waals surface area contributed by atoms with Crippen molar-refractivity contribution in [2.45, 2.75) is 70.2 Å². The van der Waals surface area contributed by atoms with E-state index < -0.39 is 22.6 Å². The van der Waals surface area contributed by atoms with Crippen molar-refractivity contribution in [2.24, 2.45) is 9.98 Å². The fourth-order valence-corrected chi connectivity index (χ4v) is 9.15. The van der Waals surface area contributed by atoms with Crippen LogP contribution in [0.15, 0.2) is 76.8 Å². The van der Waals surface area contributed by atoms with Gasteiger partial charge in [-0.25, -0.2) is 19.2 Å². The number of hydroxylamine groups is 4. The van der Waals surface area contributed by atoms with Crippen LogP contribution in [-0.2, 0) is 62.5 Å². The van der Waals surface area contributed by atoms with Crippen LogP contribution < -0.4 is 18.9 Å². The average Bonchev–Trinajstić information content (AvgIpc) is 4.01. The number of amides is 4. The van der Waals surface area contributed by atoms with Crippen LogP contribution in [0.4, 0.5) is 11.4 Å². The normalized spacial score (nSPS) is 18.4. The number of methoxy groups -OCH3 is 2. The summed E-state index contributed by atoms with van der Waals surface area (Å²) in [7, 11) is 3.08. The number of fused-ring (bicyclic) bond motifs is 4. The van der Waals surface area contributed by atoms with Crippen LogP contribution in [0, 0.1) is 0 Å². The number of benzene rings is 3. The first-order valence-electron chi connectivity index (χ1n) is 25.0. The largest absolute Gasteiger partial charge is 0.493 e. The van der Waals surface area contributed by atoms with Gasteiger partial charge in [0, 0.05) is 44.3 Å². The Morgan fingerprint density at radius 3 is 1.48 bits per heavy atom. The summed E-state index contributed by atoms with van der Waals surface area (Å²) in [6.07, 6.45) is 5.75. The van der Waals surface area contributed by atoms with Gasteiger partial charge in [-0.05, 0) is 60.6 Å². The number of aryl methyl sites for hydroxylation is 1. The highest BCUT2D eigenvalue weighted by molar-refractivity contribution is 6.05. The topological polar surface area (TPSA) is 229 Å². The first-order chi connectivity index (χ1) is 36.3. The van der Waals surface area contributed by atoms with Gasteiger partial charge < -0.3 is 52.4 Å². The van der Waals surface area contributed by atoms with Crippen LogP contribution in [0.1, 0.15) is 75.9 Å². The number of imide groups is 1. The van der Waals surface area contributed by atoms with Gasteiger partial charge in [0.25, 0.3) is 11.8 Å². The quantitative estimate of drug-likeness (QED) is 0.0300. The summed E-state index contributed by atoms with van der Waals surface area (Å²) in [5.41, 5.74) is 6.65. The molecule has 75 heavy (non-hydrogen) atoms. The monoisotopic (exact) mass is 1040 g/mol. The van der Waals surface area contributed by atoms with Gasteiger partial charge in [0.2, 0.25) is 0 Å². The Morgan fingerprint density at radius 2 is 1.03 bits per heavy atom. The van der Waals surface area contributed by atoms with Gasteiger partial charge in [-0.3, -0.25) is 19.6 Å². The molecule has 0 aromatic heterocycles. The van der Waals surface area contributed by atoms with Crippen LogP contribution in [-0.4, -0.2) is 167 Å². The van der Waals surface area contributed by atoms with Crippen LogP contribution in [0.3, 0.4) is 0 Å². The number of aliphatic imine (C=N–C) groups is 2. The molecule has 21 heteroatoms. The molecule has 2 unspecified atom stereocenters. The maximum Gasteiger partial charge on any atom is 0.397 e. The first-order valence-corrected chi connectivity index (χ1v) is 25.0. The molecule has 3 fully saturated rings. The summed E-state index contributed by atoms with van der Waals surface area (Å²) >= 11 is 0. The molecule has 0 spiro atoms. The number of ether oxygens (including phenoxy) is 9. The van der Waals surface area contributed by atoms with Crippen LogP contribution in [0.25, 0.3) is 0 Å². The van der Waals surface area contributed by atoms with E-state index in [9.17, 15) is 29.2 Å². The fraction of sp³-hybridized carbons (Fsp3) is 0.463. The summed E-state index contributed by atoms with van der Waals surface area (Å²) in [6.45, 7) is 12.6. The second-order valence-electron chi connectivity index (χ2n) is 18.5. The number of hydrogen-bond acceptors (Lipinski definition) is 18. The van der Waals surface area contributed by atoms with Crippen molar-refractivity contribution in [3.63, 3.8) is 0 Å². The predicted molar refractivity (Wildman–Crippen MR) is 269 cm³/mol. The zero-order chi connectivity index (χ0) is 52.9. The molecule has 0 aliphatic carbocycles. The molecule has 1 N–H and O–H groups in total. The molecule has 5 aliphatic heterocycles. The third kappa shape index (κ3) is 13.7. The summed E-state index contributed by atoms with van der Waals surface area (Å²) in [5.74, 6) is -1.24. The van der Waals surface area contributed by atoms with Crippen molar-refractivity contribution < 1.29 is 81.5 Å². The van der Waals surface area contributed by atoms with E-state index in [1.54, 1.807) is 46.5 Å². The van der Waals surface area contributed by atoms with Gasteiger partial charge in [0.1, 0.15) is 18.0 Å². The molecule has 0 bridgehead atoms. The highest BCUT2D eigenvalue weighted by Gasteiger charge is 2.55. The molecule has 21 nitrogen and oxygen atoms in total. The molecule has 0 saturated carbocycles. The summed E-state index contributed by atoms with van der Waals surface area (Å²) < 4.78 is 52.2. The standard InChI is InChI=1S/C54H64N5O16/c1-35-20-40-29-55-44-27-48(46(66-3)25-42(44)53(63)57(40)31-35)73-33-38-22-37(23-39(24-38)34-74-49-28-45-43(26-47(49)67-4)54(64)58-32-36(2)21-41(58)30-56-45)6-5-10-68-12-14-70-16-18-72-19-17-71-15-13-69-11-9-52(62)75-59(65)50(60)7-8-51(59)61/h22-30,40-41,65H,1-2,5-21,31-34H2,3-4H3/q+1. The van der Waals surface area contributed by atoms with E-state index in [-0.39, 0.29) is 76.2 Å². The van der Waals surface area contributed by atoms with Crippen molar-refractivity contribution in [3.05, 3.63) is 94.6 Å². The lowest BCUT2D eigenvalue weighted by atomic mass is 10.0. The molecule has 4 amide bonds. The van der Waals surface area contributed by atoms with Crippen molar-refractivity contribution in [2.75, 3.05) is 93.4 Å². The van der Waals surface area contributed by atoms with E-state index in [2.05, 4.69) is 40.1 Å². The second kappa shape index (κ2) is 25.6. The molecular formula is C54H64N5O16+. The van der Waals surface area contributed by atoms with E-state index in [0.717, 1.165) is 34.3 Å². The minimum atomic E-state index is -1.94. The predicted octanol–water partition coefficient (Wildman–Crippen LogP) is 5.75. The van der Waals surface area contributed by atoms with Crippen molar-refractivity contribution in [1.82, 2.24) is 9.80 Å². The van der Waals surface area contributed by atoms with Crippen LogP contribution >= 0.6 is 0 Å². The average molecular weight is 1040 g/mol. The zero-order valence-corrected chi connectivity index (χ0v) is 42.4. The Balaban J connectivity index is 0.788. The lowest BCUT2D eigenvalue weighted by Gasteiger charge is -2.20. The van der Waals surface area contributed by atoms with E-state index in [0.29, 0.717) is 124 Å². The second-order valence-corrected chi connectivity index (χ2v) is 18.5. The molecule has 0 radical (unpaired) electrons. The number of carbonyl (C=O) groups is 5. The van der Waals surface area contributed by atoms with Gasteiger partial charge in [0.15, 0.2) is 23.0 Å². The van der Waals surface area contributed by atoms with Gasteiger partial charge in [-0.1, -0.05) is 36.4 Å². The van der Waals surface area contributed by atoms with Crippen LogP contribution in [0.5, 0.6) is 23.0 Å². The van der Waals surface area contributed by atoms with E-state index in [4.69, 9.17) is 42.6 Å². The van der Waals surface area contributed by atoms with Gasteiger partial charge in [-0.2, -0.15) is 5.21 Å². The van der Waals surface area contributed by atoms with E-state index in [1.165, 1.54) is 14.2 Å². The fourth-order valence-electron chi connectivity index (χ4n) is 9.15. The Hall–Kier alpha value is -6.85. The highest BCUT2D eigenvalue weighted by Crippen LogP contribution is 2.41. The molecule has 3 aromatic rings. The number of quaternary nitrogens is 1. The molecule has 3 aromatic carbocycles. The lowest BCUT2D eigenvalue weighted by Crippen LogP contribution is -2.50. The maximum absolute atomic E-state index is 13.6. The first kappa shape index (κ1) is 54.4.